The maximum atomic E-state index is 11.1. The second-order valence-electron chi connectivity index (χ2n) is 4.66. The van der Waals surface area contributed by atoms with Crippen molar-refractivity contribution in [1.82, 2.24) is 10.2 Å². The quantitative estimate of drug-likeness (QED) is 0.744. The van der Waals surface area contributed by atoms with E-state index in [9.17, 15) is 8.42 Å². The molecule has 1 heterocycles. The Morgan fingerprint density at radius 3 is 2.47 bits per heavy atom. The molecule has 3 N–H and O–H groups in total. The molecule has 0 unspecified atom stereocenters. The minimum absolute atomic E-state index is 0.0949. The molecule has 19 heavy (non-hydrogen) atoms. The highest BCUT2D eigenvalue weighted by molar-refractivity contribution is 7.89. The molecule has 0 aromatic heterocycles. The van der Waals surface area contributed by atoms with E-state index in [1.54, 1.807) is 12.1 Å². The van der Waals surface area contributed by atoms with E-state index in [2.05, 4.69) is 17.3 Å². The van der Waals surface area contributed by atoms with Gasteiger partial charge in [0.2, 0.25) is 10.0 Å². The minimum atomic E-state index is -3.63. The Hall–Kier alpha value is -1.15. The molecule has 7 heteroatoms. The van der Waals surface area contributed by atoms with Crippen LogP contribution >= 0.6 is 0 Å². The summed E-state index contributed by atoms with van der Waals surface area (Å²) in [4.78, 5) is 2.34. The van der Waals surface area contributed by atoms with E-state index >= 15 is 0 Å². The third-order valence-electron chi connectivity index (χ3n) is 3.25. The van der Waals surface area contributed by atoms with Crippen LogP contribution in [0.15, 0.2) is 29.2 Å². The standard InChI is InChI=1S/C12H19N3O3S/c1-15(10-8-14-9-10)6-7-18-11-2-4-12(5-3-11)19(13,16)17/h2-5,10,14H,6-9H2,1H3,(H2,13,16,17). The molecule has 0 spiro atoms. The van der Waals surface area contributed by atoms with E-state index in [0.29, 0.717) is 18.4 Å². The van der Waals surface area contributed by atoms with E-state index in [4.69, 9.17) is 9.88 Å². The second-order valence-corrected chi connectivity index (χ2v) is 6.22. The molecule has 0 aliphatic carbocycles. The maximum absolute atomic E-state index is 11.1. The molecule has 0 atom stereocenters. The van der Waals surface area contributed by atoms with Gasteiger partial charge in [-0.1, -0.05) is 0 Å². The summed E-state index contributed by atoms with van der Waals surface area (Å²) in [5.74, 6) is 0.646. The van der Waals surface area contributed by atoms with Crippen LogP contribution < -0.4 is 15.2 Å². The van der Waals surface area contributed by atoms with Gasteiger partial charge in [-0.3, -0.25) is 4.90 Å². The molecule has 6 nitrogen and oxygen atoms in total. The van der Waals surface area contributed by atoms with Crippen molar-refractivity contribution in [3.63, 3.8) is 0 Å². The van der Waals surface area contributed by atoms with Crippen LogP contribution in [0.4, 0.5) is 0 Å². The first-order valence-electron chi connectivity index (χ1n) is 6.13. The third-order valence-corrected chi connectivity index (χ3v) is 4.18. The Balaban J connectivity index is 1.80. The molecule has 1 fully saturated rings. The zero-order chi connectivity index (χ0) is 13.9. The zero-order valence-electron chi connectivity index (χ0n) is 10.9. The number of nitrogens with two attached hydrogens (primary N) is 1. The third kappa shape index (κ3) is 3.90. The van der Waals surface area contributed by atoms with Gasteiger partial charge < -0.3 is 10.1 Å². The summed E-state index contributed by atoms with van der Waals surface area (Å²) in [6.07, 6.45) is 0. The number of likely N-dealkylation sites (N-methyl/N-ethyl adjacent to an activating group) is 1. The van der Waals surface area contributed by atoms with Gasteiger partial charge in [0, 0.05) is 25.7 Å². The number of hydrogen-bond donors (Lipinski definition) is 2. The lowest BCUT2D eigenvalue weighted by atomic mass is 10.1. The van der Waals surface area contributed by atoms with Crippen LogP contribution in [0.5, 0.6) is 5.75 Å². The maximum Gasteiger partial charge on any atom is 0.238 e. The molecule has 2 rings (SSSR count). The van der Waals surface area contributed by atoms with Crippen molar-refractivity contribution >= 4 is 10.0 Å². The van der Waals surface area contributed by atoms with Gasteiger partial charge in [-0.15, -0.1) is 0 Å². The smallest absolute Gasteiger partial charge is 0.238 e. The zero-order valence-corrected chi connectivity index (χ0v) is 11.7. The van der Waals surface area contributed by atoms with Gasteiger partial charge >= 0.3 is 0 Å². The molecule has 1 aliphatic heterocycles. The molecule has 106 valence electrons. The predicted octanol–water partition coefficient (Wildman–Crippen LogP) is -0.384. The molecule has 1 aromatic rings. The van der Waals surface area contributed by atoms with E-state index in [0.717, 1.165) is 19.6 Å². The molecule has 0 bridgehead atoms. The lowest BCUT2D eigenvalue weighted by molar-refractivity contribution is 0.151. The highest BCUT2D eigenvalue weighted by atomic mass is 32.2. The molecule has 0 radical (unpaired) electrons. The van der Waals surface area contributed by atoms with Gasteiger partial charge in [0.05, 0.1) is 4.90 Å². The number of primary sulfonamides is 1. The first-order valence-corrected chi connectivity index (χ1v) is 7.68. The van der Waals surface area contributed by atoms with Crippen molar-refractivity contribution in [2.24, 2.45) is 5.14 Å². The van der Waals surface area contributed by atoms with E-state index in [1.807, 2.05) is 0 Å². The Kier molecular flexibility index (Phi) is 4.41. The first-order chi connectivity index (χ1) is 8.97. The van der Waals surface area contributed by atoms with Crippen LogP contribution in [0.1, 0.15) is 0 Å². The summed E-state index contributed by atoms with van der Waals surface area (Å²) >= 11 is 0. The van der Waals surface area contributed by atoms with Crippen molar-refractivity contribution in [2.45, 2.75) is 10.9 Å². The molecule has 1 saturated heterocycles. The summed E-state index contributed by atoms with van der Waals surface area (Å²) in [5, 5.41) is 8.24. The molecule has 1 aliphatic rings. The second kappa shape index (κ2) is 5.87. The van der Waals surface area contributed by atoms with Crippen molar-refractivity contribution < 1.29 is 13.2 Å². The molecular weight excluding hydrogens is 266 g/mol. The number of benzene rings is 1. The Bertz CT molecular complexity index is 512. The average molecular weight is 285 g/mol. The fourth-order valence-electron chi connectivity index (χ4n) is 1.80. The molecular formula is C12H19N3O3S. The predicted molar refractivity (Wildman–Crippen MR) is 72.6 cm³/mol. The highest BCUT2D eigenvalue weighted by Gasteiger charge is 2.20. The normalized spacial score (nSPS) is 16.4. The van der Waals surface area contributed by atoms with Crippen LogP contribution in [-0.2, 0) is 10.0 Å². The van der Waals surface area contributed by atoms with Gasteiger partial charge in [0.25, 0.3) is 0 Å². The van der Waals surface area contributed by atoms with E-state index in [1.165, 1.54) is 12.1 Å². The van der Waals surface area contributed by atoms with Gasteiger partial charge in [0.1, 0.15) is 12.4 Å². The van der Waals surface area contributed by atoms with Crippen molar-refractivity contribution in [3.8, 4) is 5.75 Å². The average Bonchev–Trinajstić information content (AvgIpc) is 2.26. The minimum Gasteiger partial charge on any atom is -0.492 e. The van der Waals surface area contributed by atoms with Crippen molar-refractivity contribution in [3.05, 3.63) is 24.3 Å². The van der Waals surface area contributed by atoms with Crippen LogP contribution in [0.2, 0.25) is 0 Å². The lowest BCUT2D eigenvalue weighted by Crippen LogP contribution is -2.56. The summed E-state index contributed by atoms with van der Waals surface area (Å²) in [7, 11) is -1.56. The molecule has 1 aromatic carbocycles. The summed E-state index contributed by atoms with van der Waals surface area (Å²) < 4.78 is 27.7. The number of rotatable bonds is 6. The van der Waals surface area contributed by atoms with Crippen LogP contribution in [0.3, 0.4) is 0 Å². The van der Waals surface area contributed by atoms with Crippen molar-refractivity contribution in [1.29, 1.82) is 0 Å². The van der Waals surface area contributed by atoms with Gasteiger partial charge in [0.15, 0.2) is 0 Å². The van der Waals surface area contributed by atoms with Crippen LogP contribution in [-0.4, -0.2) is 52.6 Å². The highest BCUT2D eigenvalue weighted by Crippen LogP contribution is 2.14. The number of nitrogens with one attached hydrogen (secondary N) is 1. The number of hydrogen-bond acceptors (Lipinski definition) is 5. The molecule has 0 saturated carbocycles. The van der Waals surface area contributed by atoms with Crippen LogP contribution in [0.25, 0.3) is 0 Å². The largest absolute Gasteiger partial charge is 0.492 e. The topological polar surface area (TPSA) is 84.7 Å². The SMILES string of the molecule is CN(CCOc1ccc(S(N)(=O)=O)cc1)C1CNC1. The van der Waals surface area contributed by atoms with Gasteiger partial charge in [-0.2, -0.15) is 0 Å². The van der Waals surface area contributed by atoms with Gasteiger partial charge in [-0.25, -0.2) is 13.6 Å². The lowest BCUT2D eigenvalue weighted by Gasteiger charge is -2.35. The number of ether oxygens (including phenoxy) is 1. The fraction of sp³-hybridized carbons (Fsp3) is 0.500. The Labute approximate surface area is 113 Å². The fourth-order valence-corrected chi connectivity index (χ4v) is 2.32. The Morgan fingerprint density at radius 2 is 2.00 bits per heavy atom. The van der Waals surface area contributed by atoms with Crippen molar-refractivity contribution in [2.75, 3.05) is 33.3 Å². The van der Waals surface area contributed by atoms with E-state index in [-0.39, 0.29) is 4.90 Å². The van der Waals surface area contributed by atoms with Crippen LogP contribution in [0, 0.1) is 0 Å². The molecule has 0 amide bonds. The van der Waals surface area contributed by atoms with Gasteiger partial charge in [-0.05, 0) is 31.3 Å². The summed E-state index contributed by atoms with van der Waals surface area (Å²) in [5.41, 5.74) is 0. The van der Waals surface area contributed by atoms with E-state index < -0.39 is 10.0 Å². The monoisotopic (exact) mass is 285 g/mol. The first kappa shape index (κ1) is 14.3. The number of sulfonamides is 1. The summed E-state index contributed by atoms with van der Waals surface area (Å²) in [6.45, 7) is 3.46. The Morgan fingerprint density at radius 1 is 1.37 bits per heavy atom. The number of nitrogens with zero attached hydrogens (tertiary/aromatic N) is 1. The summed E-state index contributed by atoms with van der Waals surface area (Å²) in [6, 6.07) is 6.72.